The second kappa shape index (κ2) is 12.4. The standard InChI is InChI=1S/C32H36N8O4S/c1-3-28(41)38-32(2)10-4-12-39(20-32)19-22-9-11-33-27(17-22)31(42)36-24-7-5-23(6-8-24)26-18-25-29(37-26)34-21-35-30(25)40-13-15-45(43,44)16-14-40/h3,5-9,11,17-18,21H,1,4,10,12-16,19-20H2,2H3,(H,36,42)(H,38,41)(H,34,35,37). The van der Waals surface area contributed by atoms with Crippen LogP contribution < -0.4 is 15.5 Å². The highest BCUT2D eigenvalue weighted by Gasteiger charge is 2.32. The minimum absolute atomic E-state index is 0.109. The molecule has 12 nitrogen and oxygen atoms in total. The zero-order valence-electron chi connectivity index (χ0n) is 25.1. The van der Waals surface area contributed by atoms with Crippen molar-refractivity contribution in [2.45, 2.75) is 31.8 Å². The van der Waals surface area contributed by atoms with Crippen LogP contribution in [0.25, 0.3) is 22.3 Å². The second-order valence-corrected chi connectivity index (χ2v) is 14.2. The molecule has 0 bridgehead atoms. The summed E-state index contributed by atoms with van der Waals surface area (Å²) in [5.74, 6) is 0.454. The molecule has 2 fully saturated rings. The summed E-state index contributed by atoms with van der Waals surface area (Å²) in [6, 6.07) is 13.1. The number of aromatic amines is 1. The number of likely N-dealkylation sites (tertiary alicyclic amines) is 1. The number of nitrogens with zero attached hydrogens (tertiary/aromatic N) is 5. The van der Waals surface area contributed by atoms with Crippen LogP contribution in [0.4, 0.5) is 11.5 Å². The molecule has 234 valence electrons. The summed E-state index contributed by atoms with van der Waals surface area (Å²) >= 11 is 0. The summed E-state index contributed by atoms with van der Waals surface area (Å²) in [6.45, 7) is 8.65. The van der Waals surface area contributed by atoms with E-state index in [4.69, 9.17) is 0 Å². The van der Waals surface area contributed by atoms with Crippen LogP contribution in [-0.2, 0) is 21.2 Å². The van der Waals surface area contributed by atoms with Crippen LogP contribution >= 0.6 is 0 Å². The third-order valence-electron chi connectivity index (χ3n) is 8.35. The second-order valence-electron chi connectivity index (χ2n) is 11.9. The Balaban J connectivity index is 1.10. The Labute approximate surface area is 261 Å². The number of piperidine rings is 1. The summed E-state index contributed by atoms with van der Waals surface area (Å²) in [5.41, 5.74) is 4.00. The molecule has 0 aliphatic carbocycles. The van der Waals surface area contributed by atoms with E-state index >= 15 is 0 Å². The lowest BCUT2D eigenvalue weighted by atomic mass is 9.90. The van der Waals surface area contributed by atoms with E-state index in [1.54, 1.807) is 12.3 Å². The number of hydrogen-bond acceptors (Lipinski definition) is 9. The topological polar surface area (TPSA) is 153 Å². The van der Waals surface area contributed by atoms with E-state index in [9.17, 15) is 18.0 Å². The maximum absolute atomic E-state index is 13.1. The van der Waals surface area contributed by atoms with Crippen molar-refractivity contribution in [1.82, 2.24) is 30.2 Å². The van der Waals surface area contributed by atoms with E-state index in [0.717, 1.165) is 41.6 Å². The number of H-pyrrole nitrogens is 1. The van der Waals surface area contributed by atoms with E-state index in [2.05, 4.69) is 42.0 Å². The number of nitrogens with one attached hydrogen (secondary N) is 3. The van der Waals surface area contributed by atoms with Crippen molar-refractivity contribution in [3.8, 4) is 11.3 Å². The summed E-state index contributed by atoms with van der Waals surface area (Å²) < 4.78 is 23.8. The zero-order chi connectivity index (χ0) is 31.6. The molecule has 0 radical (unpaired) electrons. The predicted molar refractivity (Wildman–Crippen MR) is 174 cm³/mol. The first-order valence-corrected chi connectivity index (χ1v) is 16.7. The lowest BCUT2D eigenvalue weighted by Gasteiger charge is -2.41. The van der Waals surface area contributed by atoms with Crippen molar-refractivity contribution < 1.29 is 18.0 Å². The van der Waals surface area contributed by atoms with Crippen molar-refractivity contribution in [2.75, 3.05) is 47.9 Å². The van der Waals surface area contributed by atoms with Gasteiger partial charge < -0.3 is 20.5 Å². The van der Waals surface area contributed by atoms with Crippen LogP contribution in [0, 0.1) is 0 Å². The Morgan fingerprint density at radius 2 is 1.84 bits per heavy atom. The zero-order valence-corrected chi connectivity index (χ0v) is 25.9. The molecule has 2 aliphatic rings. The fourth-order valence-electron chi connectivity index (χ4n) is 6.07. The Morgan fingerprint density at radius 3 is 2.60 bits per heavy atom. The number of hydrogen-bond donors (Lipinski definition) is 3. The number of aromatic nitrogens is 4. The van der Waals surface area contributed by atoms with Gasteiger partial charge in [-0.25, -0.2) is 18.4 Å². The third-order valence-corrected chi connectivity index (χ3v) is 9.96. The maximum Gasteiger partial charge on any atom is 0.274 e. The van der Waals surface area contributed by atoms with Gasteiger partial charge in [-0.1, -0.05) is 18.7 Å². The molecule has 2 amide bonds. The van der Waals surface area contributed by atoms with E-state index in [1.165, 1.54) is 12.4 Å². The van der Waals surface area contributed by atoms with Gasteiger partial charge in [0.05, 0.1) is 22.4 Å². The fraction of sp³-hybridized carbons (Fsp3) is 0.344. The molecule has 13 heteroatoms. The first kappa shape index (κ1) is 30.4. The number of carbonyl (C=O) groups excluding carboxylic acids is 2. The number of benzene rings is 1. The molecular formula is C32H36N8O4S. The number of anilines is 2. The summed E-state index contributed by atoms with van der Waals surface area (Å²) in [5, 5.41) is 6.81. The smallest absolute Gasteiger partial charge is 0.274 e. The summed E-state index contributed by atoms with van der Waals surface area (Å²) in [7, 11) is -3.00. The molecule has 4 aromatic rings. The average Bonchev–Trinajstić information content (AvgIpc) is 3.46. The Bertz CT molecular complexity index is 1840. The fourth-order valence-corrected chi connectivity index (χ4v) is 7.27. The van der Waals surface area contributed by atoms with Gasteiger partial charge in [0.1, 0.15) is 23.5 Å². The van der Waals surface area contributed by atoms with E-state index in [0.29, 0.717) is 49.0 Å². The van der Waals surface area contributed by atoms with Gasteiger partial charge in [0.25, 0.3) is 5.91 Å². The number of rotatable bonds is 8. The SMILES string of the molecule is C=CC(=O)NC1(C)CCCN(Cc2ccnc(C(=O)Nc3ccc(-c4cc5c(N6CCS(=O)(=O)CC6)ncnc5[nH]4)cc3)c2)C1. The Morgan fingerprint density at radius 1 is 1.07 bits per heavy atom. The van der Waals surface area contributed by atoms with Crippen LogP contribution in [0.2, 0.25) is 0 Å². The minimum Gasteiger partial charge on any atom is -0.354 e. The van der Waals surface area contributed by atoms with Gasteiger partial charge in [0.2, 0.25) is 5.91 Å². The minimum atomic E-state index is -3.00. The lowest BCUT2D eigenvalue weighted by Crippen LogP contribution is -2.56. The molecule has 1 aromatic carbocycles. The van der Waals surface area contributed by atoms with Gasteiger partial charge in [-0.2, -0.15) is 0 Å². The number of amides is 2. The van der Waals surface area contributed by atoms with Crippen LogP contribution in [0.15, 0.2) is 67.6 Å². The highest BCUT2D eigenvalue weighted by molar-refractivity contribution is 7.91. The molecule has 2 saturated heterocycles. The van der Waals surface area contributed by atoms with Gasteiger partial charge in [-0.05, 0) is 73.8 Å². The van der Waals surface area contributed by atoms with Crippen LogP contribution in [0.5, 0.6) is 0 Å². The van der Waals surface area contributed by atoms with E-state index in [1.807, 2.05) is 48.2 Å². The number of fused-ring (bicyclic) bond motifs is 1. The lowest BCUT2D eigenvalue weighted by molar-refractivity contribution is -0.118. The van der Waals surface area contributed by atoms with Gasteiger partial charge in [-0.3, -0.25) is 19.5 Å². The van der Waals surface area contributed by atoms with E-state index < -0.39 is 9.84 Å². The quantitative estimate of drug-likeness (QED) is 0.250. The van der Waals surface area contributed by atoms with Crippen LogP contribution in [0.1, 0.15) is 35.8 Å². The molecule has 45 heavy (non-hydrogen) atoms. The highest BCUT2D eigenvalue weighted by atomic mass is 32.2. The van der Waals surface area contributed by atoms with Crippen LogP contribution in [0.3, 0.4) is 0 Å². The van der Waals surface area contributed by atoms with Gasteiger partial charge in [-0.15, -0.1) is 0 Å². The number of carbonyl (C=O) groups is 2. The summed E-state index contributed by atoms with van der Waals surface area (Å²) in [4.78, 5) is 45.7. The normalized spacial score (nSPS) is 20.1. The van der Waals surface area contributed by atoms with Gasteiger partial charge >= 0.3 is 0 Å². The molecule has 1 unspecified atom stereocenters. The number of sulfone groups is 1. The molecule has 0 saturated carbocycles. The monoisotopic (exact) mass is 628 g/mol. The van der Waals surface area contributed by atoms with Crippen molar-refractivity contribution in [1.29, 1.82) is 0 Å². The van der Waals surface area contributed by atoms with Crippen molar-refractivity contribution in [3.63, 3.8) is 0 Å². The van der Waals surface area contributed by atoms with Crippen molar-refractivity contribution >= 4 is 44.2 Å². The largest absolute Gasteiger partial charge is 0.354 e. The van der Waals surface area contributed by atoms with Crippen molar-refractivity contribution in [2.24, 2.45) is 0 Å². The first-order chi connectivity index (χ1) is 21.6. The maximum atomic E-state index is 13.1. The Hall–Kier alpha value is -4.62. The average molecular weight is 629 g/mol. The van der Waals surface area contributed by atoms with E-state index in [-0.39, 0.29) is 28.9 Å². The molecule has 3 aromatic heterocycles. The molecular weight excluding hydrogens is 592 g/mol. The first-order valence-electron chi connectivity index (χ1n) is 14.9. The summed E-state index contributed by atoms with van der Waals surface area (Å²) in [6.07, 6.45) is 6.28. The molecule has 6 rings (SSSR count). The van der Waals surface area contributed by atoms with Gasteiger partial charge in [0, 0.05) is 43.8 Å². The molecule has 3 N–H and O–H groups in total. The molecule has 2 aliphatic heterocycles. The Kier molecular flexibility index (Phi) is 8.38. The third kappa shape index (κ3) is 7.04. The highest BCUT2D eigenvalue weighted by Crippen LogP contribution is 2.30. The predicted octanol–water partition coefficient (Wildman–Crippen LogP) is 3.16. The number of pyridine rings is 1. The molecule has 5 heterocycles. The molecule has 0 spiro atoms. The van der Waals surface area contributed by atoms with Crippen LogP contribution in [-0.4, -0.2) is 88.3 Å². The van der Waals surface area contributed by atoms with Gasteiger partial charge in [0.15, 0.2) is 9.84 Å². The molecule has 1 atom stereocenters. The van der Waals surface area contributed by atoms with Crippen molar-refractivity contribution in [3.05, 3.63) is 78.9 Å².